The SMILES string of the molecule is CC(=O)NC(Cc1cc(F)cc(F)c1)C(O)CNC1(CCOCC(C)(C)C)CC1C. The summed E-state index contributed by atoms with van der Waals surface area (Å²) in [6.07, 6.45) is 1.07. The lowest BCUT2D eigenvalue weighted by molar-refractivity contribution is -0.120. The van der Waals surface area contributed by atoms with E-state index in [0.29, 0.717) is 24.7 Å². The van der Waals surface area contributed by atoms with E-state index >= 15 is 0 Å². The summed E-state index contributed by atoms with van der Waals surface area (Å²) in [5, 5.41) is 16.9. The number of carbonyl (C=O) groups excluding carboxylic acids is 1. The Morgan fingerprint density at radius 2 is 1.90 bits per heavy atom. The van der Waals surface area contributed by atoms with Crippen LogP contribution >= 0.6 is 0 Å². The molecular formula is C23H36F2N2O3. The highest BCUT2D eigenvalue weighted by molar-refractivity contribution is 5.73. The predicted molar refractivity (Wildman–Crippen MR) is 113 cm³/mol. The van der Waals surface area contributed by atoms with Gasteiger partial charge in [0.15, 0.2) is 0 Å². The molecule has 5 nitrogen and oxygen atoms in total. The Kier molecular flexibility index (Phi) is 8.36. The average molecular weight is 427 g/mol. The molecule has 1 fully saturated rings. The Morgan fingerprint density at radius 1 is 1.30 bits per heavy atom. The molecule has 1 aliphatic carbocycles. The molecule has 0 saturated heterocycles. The van der Waals surface area contributed by atoms with Gasteiger partial charge in [0.2, 0.25) is 5.91 Å². The number of hydrogen-bond donors (Lipinski definition) is 3. The number of hydrogen-bond acceptors (Lipinski definition) is 4. The first-order valence-electron chi connectivity index (χ1n) is 10.6. The third kappa shape index (κ3) is 7.93. The third-order valence-corrected chi connectivity index (χ3v) is 5.58. The van der Waals surface area contributed by atoms with Crippen molar-refractivity contribution >= 4 is 5.91 Å². The maximum absolute atomic E-state index is 13.5. The molecular weight excluding hydrogens is 390 g/mol. The number of amides is 1. The van der Waals surface area contributed by atoms with E-state index in [9.17, 15) is 18.7 Å². The lowest BCUT2D eigenvalue weighted by atomic mass is 9.98. The maximum atomic E-state index is 13.5. The molecule has 0 heterocycles. The number of carbonyl (C=O) groups is 1. The van der Waals surface area contributed by atoms with Crippen molar-refractivity contribution in [2.24, 2.45) is 11.3 Å². The minimum Gasteiger partial charge on any atom is -0.390 e. The molecule has 1 aliphatic rings. The molecule has 2 rings (SSSR count). The van der Waals surface area contributed by atoms with E-state index < -0.39 is 23.8 Å². The first-order chi connectivity index (χ1) is 13.9. The Balaban J connectivity index is 1.92. The number of nitrogens with one attached hydrogen (secondary N) is 2. The van der Waals surface area contributed by atoms with Crippen LogP contribution in [0.4, 0.5) is 8.78 Å². The molecule has 1 saturated carbocycles. The Labute approximate surface area is 178 Å². The zero-order valence-corrected chi connectivity index (χ0v) is 18.7. The van der Waals surface area contributed by atoms with Gasteiger partial charge in [-0.3, -0.25) is 4.79 Å². The van der Waals surface area contributed by atoms with E-state index in [1.165, 1.54) is 19.1 Å². The number of β-amino-alcohol motifs (C(OH)–C–C–N with tert-alkyl or cyclic N) is 1. The number of aliphatic hydroxyl groups is 1. The van der Waals surface area contributed by atoms with E-state index in [2.05, 4.69) is 38.3 Å². The van der Waals surface area contributed by atoms with Crippen LogP contribution in [0.15, 0.2) is 18.2 Å². The lowest BCUT2D eigenvalue weighted by Crippen LogP contribution is -2.50. The molecule has 1 amide bonds. The fourth-order valence-corrected chi connectivity index (χ4v) is 3.78. The fraction of sp³-hybridized carbons (Fsp3) is 0.696. The summed E-state index contributed by atoms with van der Waals surface area (Å²) in [6.45, 7) is 11.5. The van der Waals surface area contributed by atoms with Crippen LogP contribution in [0.5, 0.6) is 0 Å². The second-order valence-electron chi connectivity index (χ2n) is 9.86. The minimum absolute atomic E-state index is 0.0788. The van der Waals surface area contributed by atoms with Crippen LogP contribution in [0.2, 0.25) is 0 Å². The summed E-state index contributed by atoms with van der Waals surface area (Å²) in [5.41, 5.74) is 0.425. The topological polar surface area (TPSA) is 70.6 Å². The zero-order chi connectivity index (χ0) is 22.5. The summed E-state index contributed by atoms with van der Waals surface area (Å²) < 4.78 is 32.8. The molecule has 1 aromatic carbocycles. The zero-order valence-electron chi connectivity index (χ0n) is 18.7. The van der Waals surface area contributed by atoms with Crippen molar-refractivity contribution in [2.45, 2.75) is 71.6 Å². The summed E-state index contributed by atoms with van der Waals surface area (Å²) in [7, 11) is 0. The summed E-state index contributed by atoms with van der Waals surface area (Å²) in [6, 6.07) is 2.58. The molecule has 0 bridgehead atoms. The van der Waals surface area contributed by atoms with Gasteiger partial charge in [-0.25, -0.2) is 8.78 Å². The van der Waals surface area contributed by atoms with Gasteiger partial charge in [-0.1, -0.05) is 27.7 Å². The van der Waals surface area contributed by atoms with Crippen LogP contribution in [0.25, 0.3) is 0 Å². The van der Waals surface area contributed by atoms with Gasteiger partial charge in [0.05, 0.1) is 18.8 Å². The van der Waals surface area contributed by atoms with Crippen LogP contribution in [0.3, 0.4) is 0 Å². The van der Waals surface area contributed by atoms with Crippen LogP contribution < -0.4 is 10.6 Å². The van der Waals surface area contributed by atoms with E-state index in [-0.39, 0.29) is 29.8 Å². The monoisotopic (exact) mass is 426 g/mol. The molecule has 4 unspecified atom stereocenters. The average Bonchev–Trinajstić information content (AvgIpc) is 3.24. The van der Waals surface area contributed by atoms with Crippen LogP contribution in [0, 0.1) is 23.0 Å². The van der Waals surface area contributed by atoms with Gasteiger partial charge in [0.25, 0.3) is 0 Å². The van der Waals surface area contributed by atoms with Crippen molar-refractivity contribution in [2.75, 3.05) is 19.8 Å². The standard InChI is InChI=1S/C23H36F2N2O3/c1-15-12-23(15,6-7-30-14-22(3,4)5)26-13-21(29)20(27-16(2)28)10-17-8-18(24)11-19(25)9-17/h8-9,11,15,20-21,26,29H,6-7,10,12-14H2,1-5H3,(H,27,28). The molecule has 0 aromatic heterocycles. The van der Waals surface area contributed by atoms with Gasteiger partial charge in [-0.15, -0.1) is 0 Å². The van der Waals surface area contributed by atoms with Gasteiger partial charge in [-0.05, 0) is 48.3 Å². The molecule has 0 spiro atoms. The first kappa shape index (κ1) is 24.7. The molecule has 0 aliphatic heterocycles. The first-order valence-corrected chi connectivity index (χ1v) is 10.6. The van der Waals surface area contributed by atoms with Gasteiger partial charge in [0, 0.05) is 31.7 Å². The van der Waals surface area contributed by atoms with E-state index in [0.717, 1.165) is 18.9 Å². The molecule has 1 aromatic rings. The quantitative estimate of drug-likeness (QED) is 0.475. The number of benzene rings is 1. The maximum Gasteiger partial charge on any atom is 0.217 e. The van der Waals surface area contributed by atoms with E-state index in [1.54, 1.807) is 0 Å². The van der Waals surface area contributed by atoms with Crippen molar-refractivity contribution in [1.29, 1.82) is 0 Å². The molecule has 30 heavy (non-hydrogen) atoms. The smallest absolute Gasteiger partial charge is 0.217 e. The second-order valence-corrected chi connectivity index (χ2v) is 9.86. The van der Waals surface area contributed by atoms with Crippen LogP contribution in [-0.4, -0.2) is 48.5 Å². The number of aliphatic hydroxyl groups excluding tert-OH is 1. The van der Waals surface area contributed by atoms with Gasteiger partial charge in [0.1, 0.15) is 11.6 Å². The number of rotatable bonds is 11. The molecule has 0 radical (unpaired) electrons. The van der Waals surface area contributed by atoms with Crippen LogP contribution in [-0.2, 0) is 16.0 Å². The van der Waals surface area contributed by atoms with Gasteiger partial charge in [-0.2, -0.15) is 0 Å². The largest absolute Gasteiger partial charge is 0.390 e. The summed E-state index contributed by atoms with van der Waals surface area (Å²) >= 11 is 0. The predicted octanol–water partition coefficient (Wildman–Crippen LogP) is 3.19. The van der Waals surface area contributed by atoms with Gasteiger partial charge >= 0.3 is 0 Å². The second kappa shape index (κ2) is 10.2. The van der Waals surface area contributed by atoms with E-state index in [1.807, 2.05) is 0 Å². The summed E-state index contributed by atoms with van der Waals surface area (Å²) in [5.74, 6) is -1.19. The van der Waals surface area contributed by atoms with Crippen molar-refractivity contribution in [1.82, 2.24) is 10.6 Å². The van der Waals surface area contributed by atoms with Crippen molar-refractivity contribution in [3.63, 3.8) is 0 Å². The Morgan fingerprint density at radius 3 is 2.40 bits per heavy atom. The van der Waals surface area contributed by atoms with Crippen molar-refractivity contribution in [3.05, 3.63) is 35.4 Å². The van der Waals surface area contributed by atoms with Crippen LogP contribution in [0.1, 0.15) is 53.0 Å². The van der Waals surface area contributed by atoms with Gasteiger partial charge < -0.3 is 20.5 Å². The molecule has 3 N–H and O–H groups in total. The Bertz CT molecular complexity index is 703. The van der Waals surface area contributed by atoms with Crippen molar-refractivity contribution in [3.8, 4) is 0 Å². The molecule has 4 atom stereocenters. The number of halogens is 2. The lowest BCUT2D eigenvalue weighted by Gasteiger charge is -2.27. The highest BCUT2D eigenvalue weighted by Gasteiger charge is 2.50. The minimum atomic E-state index is -0.902. The highest BCUT2D eigenvalue weighted by Crippen LogP contribution is 2.45. The third-order valence-electron chi connectivity index (χ3n) is 5.58. The molecule has 7 heteroatoms. The normalized spacial score (nSPS) is 23.1. The highest BCUT2D eigenvalue weighted by atomic mass is 19.1. The Hall–Kier alpha value is -1.57. The number of ether oxygens (including phenoxy) is 1. The van der Waals surface area contributed by atoms with Crippen molar-refractivity contribution < 1.29 is 23.4 Å². The summed E-state index contributed by atoms with van der Waals surface area (Å²) in [4.78, 5) is 11.6. The fourth-order valence-electron chi connectivity index (χ4n) is 3.78. The van der Waals surface area contributed by atoms with E-state index in [4.69, 9.17) is 4.74 Å². The molecule has 170 valence electrons.